The Hall–Kier alpha value is -3.68. The summed E-state index contributed by atoms with van der Waals surface area (Å²) in [4.78, 5) is 14.5. The van der Waals surface area contributed by atoms with Crippen LogP contribution in [0.3, 0.4) is 0 Å². The van der Waals surface area contributed by atoms with E-state index in [0.29, 0.717) is 11.5 Å². The van der Waals surface area contributed by atoms with E-state index in [2.05, 4.69) is 15.5 Å². The topological polar surface area (TPSA) is 98.9 Å². The first kappa shape index (κ1) is 17.2. The zero-order chi connectivity index (χ0) is 18.5. The number of methoxy groups -OCH3 is 2. The lowest BCUT2D eigenvalue weighted by Gasteiger charge is -2.10. The fourth-order valence-corrected chi connectivity index (χ4v) is 2.53. The Bertz CT molecular complexity index is 983. The van der Waals surface area contributed by atoms with Gasteiger partial charge >= 0.3 is 5.69 Å². The smallest absolute Gasteiger partial charge is 0.313 e. The summed E-state index contributed by atoms with van der Waals surface area (Å²) >= 11 is 0. The van der Waals surface area contributed by atoms with Gasteiger partial charge in [0.15, 0.2) is 0 Å². The second-order valence-corrected chi connectivity index (χ2v) is 5.27. The third-order valence-corrected chi connectivity index (χ3v) is 3.80. The lowest BCUT2D eigenvalue weighted by atomic mass is 10.0. The first-order valence-electron chi connectivity index (χ1n) is 7.67. The van der Waals surface area contributed by atoms with Gasteiger partial charge in [0, 0.05) is 17.8 Å². The zero-order valence-corrected chi connectivity index (χ0v) is 14.2. The van der Waals surface area contributed by atoms with Crippen molar-refractivity contribution >= 4 is 28.5 Å². The van der Waals surface area contributed by atoms with Crippen molar-refractivity contribution in [1.29, 1.82) is 0 Å². The van der Waals surface area contributed by atoms with Crippen LogP contribution in [0, 0.1) is 10.1 Å². The Morgan fingerprint density at radius 3 is 2.73 bits per heavy atom. The van der Waals surface area contributed by atoms with Gasteiger partial charge in [0.2, 0.25) is 5.82 Å². The number of hydrogen-bond acceptors (Lipinski definition) is 7. The second-order valence-electron chi connectivity index (χ2n) is 5.27. The van der Waals surface area contributed by atoms with Crippen molar-refractivity contribution in [3.8, 4) is 11.5 Å². The standard InChI is InChI=1S/C18H16N4O4/c1-25-13-7-5-12-6-8-17(26-2)15(14(12)10-13)11-20-21-18-16(22(23)24)4-3-9-19-18/h3-11H,1-2H3,(H,19,21)/b20-11-. The maximum atomic E-state index is 11.0. The van der Waals surface area contributed by atoms with E-state index in [0.717, 1.165) is 16.3 Å². The lowest BCUT2D eigenvalue weighted by Crippen LogP contribution is -2.00. The maximum absolute atomic E-state index is 11.0. The molecule has 1 N–H and O–H groups in total. The minimum Gasteiger partial charge on any atom is -0.497 e. The number of pyridine rings is 1. The van der Waals surface area contributed by atoms with Crippen molar-refractivity contribution in [2.75, 3.05) is 19.6 Å². The van der Waals surface area contributed by atoms with Gasteiger partial charge in [0.1, 0.15) is 11.5 Å². The van der Waals surface area contributed by atoms with Crippen LogP contribution < -0.4 is 14.9 Å². The average Bonchev–Trinajstić information content (AvgIpc) is 2.67. The summed E-state index contributed by atoms with van der Waals surface area (Å²) in [7, 11) is 3.16. The highest BCUT2D eigenvalue weighted by Crippen LogP contribution is 2.29. The Morgan fingerprint density at radius 2 is 2.00 bits per heavy atom. The number of benzene rings is 2. The van der Waals surface area contributed by atoms with Crippen LogP contribution >= 0.6 is 0 Å². The van der Waals surface area contributed by atoms with Gasteiger partial charge in [-0.25, -0.2) is 4.98 Å². The molecule has 0 aliphatic heterocycles. The van der Waals surface area contributed by atoms with E-state index in [-0.39, 0.29) is 11.5 Å². The van der Waals surface area contributed by atoms with Crippen molar-refractivity contribution < 1.29 is 14.4 Å². The molecule has 2 aromatic carbocycles. The third kappa shape index (κ3) is 3.39. The minimum atomic E-state index is -0.520. The first-order chi connectivity index (χ1) is 12.6. The van der Waals surface area contributed by atoms with Gasteiger partial charge in [-0.2, -0.15) is 5.10 Å². The summed E-state index contributed by atoms with van der Waals surface area (Å²) in [5, 5.41) is 17.0. The van der Waals surface area contributed by atoms with Crippen molar-refractivity contribution in [3.63, 3.8) is 0 Å². The van der Waals surface area contributed by atoms with Gasteiger partial charge in [-0.3, -0.25) is 15.5 Å². The number of anilines is 1. The van der Waals surface area contributed by atoms with Crippen molar-refractivity contribution in [2.24, 2.45) is 5.10 Å². The molecule has 26 heavy (non-hydrogen) atoms. The quantitative estimate of drug-likeness (QED) is 0.413. The molecule has 0 unspecified atom stereocenters. The van der Waals surface area contributed by atoms with Gasteiger partial charge < -0.3 is 9.47 Å². The Balaban J connectivity index is 2.00. The molecule has 1 heterocycles. The molecule has 1 aromatic heterocycles. The van der Waals surface area contributed by atoms with E-state index in [1.54, 1.807) is 20.4 Å². The minimum absolute atomic E-state index is 0.0607. The number of nitrogens with one attached hydrogen (secondary N) is 1. The Kier molecular flexibility index (Phi) is 4.93. The normalized spacial score (nSPS) is 10.8. The largest absolute Gasteiger partial charge is 0.497 e. The molecule has 0 spiro atoms. The Morgan fingerprint density at radius 1 is 1.19 bits per heavy atom. The monoisotopic (exact) mass is 352 g/mol. The molecule has 132 valence electrons. The molecule has 3 aromatic rings. The number of aromatic nitrogens is 1. The highest BCUT2D eigenvalue weighted by atomic mass is 16.6. The van der Waals surface area contributed by atoms with Crippen LogP contribution in [0.25, 0.3) is 10.8 Å². The molecule has 0 radical (unpaired) electrons. The molecule has 0 bridgehead atoms. The molecule has 0 aliphatic rings. The summed E-state index contributed by atoms with van der Waals surface area (Å²) in [6.45, 7) is 0. The summed E-state index contributed by atoms with van der Waals surface area (Å²) in [5.74, 6) is 1.38. The van der Waals surface area contributed by atoms with E-state index in [1.165, 1.54) is 18.3 Å². The number of hydrogen-bond donors (Lipinski definition) is 1. The van der Waals surface area contributed by atoms with Gasteiger partial charge in [-0.1, -0.05) is 12.1 Å². The van der Waals surface area contributed by atoms with Gasteiger partial charge in [-0.15, -0.1) is 0 Å². The Labute approximate surface area is 149 Å². The molecule has 0 amide bonds. The zero-order valence-electron chi connectivity index (χ0n) is 14.2. The molecular weight excluding hydrogens is 336 g/mol. The predicted octanol–water partition coefficient (Wildman–Crippen LogP) is 3.61. The highest BCUT2D eigenvalue weighted by Gasteiger charge is 2.13. The number of fused-ring (bicyclic) bond motifs is 1. The van der Waals surface area contributed by atoms with E-state index < -0.39 is 4.92 Å². The molecule has 8 heteroatoms. The number of ether oxygens (including phenoxy) is 2. The third-order valence-electron chi connectivity index (χ3n) is 3.80. The molecule has 0 atom stereocenters. The number of nitro groups is 1. The van der Waals surface area contributed by atoms with Gasteiger partial charge in [0.25, 0.3) is 0 Å². The van der Waals surface area contributed by atoms with Crippen molar-refractivity contribution in [3.05, 3.63) is 64.3 Å². The summed E-state index contributed by atoms with van der Waals surface area (Å²) in [6, 6.07) is 12.3. The summed E-state index contributed by atoms with van der Waals surface area (Å²) < 4.78 is 10.7. The van der Waals surface area contributed by atoms with Crippen LogP contribution in [0.15, 0.2) is 53.8 Å². The highest BCUT2D eigenvalue weighted by molar-refractivity contribution is 6.03. The fraction of sp³-hybridized carbons (Fsp3) is 0.111. The van der Waals surface area contributed by atoms with Crippen molar-refractivity contribution in [1.82, 2.24) is 4.98 Å². The van der Waals surface area contributed by atoms with Gasteiger partial charge in [-0.05, 0) is 35.0 Å². The predicted molar refractivity (Wildman–Crippen MR) is 99.2 cm³/mol. The second kappa shape index (κ2) is 7.47. The number of rotatable bonds is 6. The van der Waals surface area contributed by atoms with Crippen LogP contribution in [-0.2, 0) is 0 Å². The maximum Gasteiger partial charge on any atom is 0.313 e. The average molecular weight is 352 g/mol. The lowest BCUT2D eigenvalue weighted by molar-refractivity contribution is -0.384. The van der Waals surface area contributed by atoms with Crippen LogP contribution in [0.5, 0.6) is 11.5 Å². The number of hydrazone groups is 1. The molecule has 8 nitrogen and oxygen atoms in total. The molecule has 0 saturated heterocycles. The van der Waals surface area contributed by atoms with Crippen LogP contribution in [-0.4, -0.2) is 30.3 Å². The van der Waals surface area contributed by atoms with Crippen LogP contribution in [0.4, 0.5) is 11.5 Å². The summed E-state index contributed by atoms with van der Waals surface area (Å²) in [5.41, 5.74) is 3.18. The number of nitrogens with zero attached hydrogens (tertiary/aromatic N) is 3. The molecular formula is C18H16N4O4. The van der Waals surface area contributed by atoms with E-state index >= 15 is 0 Å². The molecule has 3 rings (SSSR count). The molecule has 0 aliphatic carbocycles. The SMILES string of the molecule is COc1ccc2ccc(OC)c(/C=N\Nc3ncccc3[N+](=O)[O-])c2c1. The summed E-state index contributed by atoms with van der Waals surface area (Å²) in [6.07, 6.45) is 2.99. The van der Waals surface area contributed by atoms with Crippen LogP contribution in [0.2, 0.25) is 0 Å². The van der Waals surface area contributed by atoms with Crippen molar-refractivity contribution in [2.45, 2.75) is 0 Å². The van der Waals surface area contributed by atoms with E-state index in [9.17, 15) is 10.1 Å². The van der Waals surface area contributed by atoms with Crippen LogP contribution in [0.1, 0.15) is 5.56 Å². The van der Waals surface area contributed by atoms with E-state index in [4.69, 9.17) is 9.47 Å². The molecule has 0 saturated carbocycles. The van der Waals surface area contributed by atoms with E-state index in [1.807, 2.05) is 30.3 Å². The fourth-order valence-electron chi connectivity index (χ4n) is 2.53. The van der Waals surface area contributed by atoms with Gasteiger partial charge in [0.05, 0.1) is 25.4 Å². The molecule has 0 fully saturated rings. The first-order valence-corrected chi connectivity index (χ1v) is 7.67.